The molecule has 5 nitrogen and oxygen atoms in total. The van der Waals surface area contributed by atoms with Crippen molar-refractivity contribution < 1.29 is 13.2 Å². The minimum atomic E-state index is -3.79. The molecule has 0 aliphatic carbocycles. The number of para-hydroxylation sites is 1. The average Bonchev–Trinajstić information content (AvgIpc) is 3.08. The van der Waals surface area contributed by atoms with Crippen molar-refractivity contribution in [1.82, 2.24) is 0 Å². The van der Waals surface area contributed by atoms with Crippen LogP contribution in [0.5, 0.6) is 0 Å². The molecule has 1 N–H and O–H groups in total. The van der Waals surface area contributed by atoms with E-state index in [0.29, 0.717) is 17.7 Å². The Labute approximate surface area is 177 Å². The topological polar surface area (TPSA) is 66.5 Å². The third-order valence-corrected chi connectivity index (χ3v) is 7.57. The van der Waals surface area contributed by atoms with Gasteiger partial charge in [0.05, 0.1) is 10.6 Å². The van der Waals surface area contributed by atoms with Crippen molar-refractivity contribution >= 4 is 27.3 Å². The highest BCUT2D eigenvalue weighted by atomic mass is 32.2. The Morgan fingerprint density at radius 2 is 1.73 bits per heavy atom. The number of hydrogen-bond donors (Lipinski definition) is 1. The van der Waals surface area contributed by atoms with Gasteiger partial charge < -0.3 is 5.32 Å². The van der Waals surface area contributed by atoms with Crippen LogP contribution in [-0.4, -0.2) is 20.4 Å². The first-order valence-electron chi connectivity index (χ1n) is 9.89. The number of benzene rings is 3. The van der Waals surface area contributed by atoms with Gasteiger partial charge in [0.1, 0.15) is 0 Å². The molecule has 0 saturated carbocycles. The van der Waals surface area contributed by atoms with Gasteiger partial charge in [0.25, 0.3) is 15.9 Å². The molecule has 1 atom stereocenters. The summed E-state index contributed by atoms with van der Waals surface area (Å²) in [5.41, 5.74) is 4.79. The highest BCUT2D eigenvalue weighted by Crippen LogP contribution is 2.36. The number of rotatable bonds is 4. The molecule has 0 spiro atoms. The van der Waals surface area contributed by atoms with Crippen LogP contribution in [0.3, 0.4) is 0 Å². The van der Waals surface area contributed by atoms with E-state index in [9.17, 15) is 13.2 Å². The normalized spacial score (nSPS) is 15.7. The SMILES string of the molecule is Cc1cccc(NC(=O)c2cccc(S(=O)(=O)N3c4ccccc4CC3C)c2)c1C. The third kappa shape index (κ3) is 3.48. The molecule has 1 aliphatic heterocycles. The number of carbonyl (C=O) groups is 1. The molecule has 0 bridgehead atoms. The Hall–Kier alpha value is -3.12. The van der Waals surface area contributed by atoms with Gasteiger partial charge >= 0.3 is 0 Å². The van der Waals surface area contributed by atoms with Crippen LogP contribution >= 0.6 is 0 Å². The molecular weight excluding hydrogens is 396 g/mol. The largest absolute Gasteiger partial charge is 0.322 e. The summed E-state index contributed by atoms with van der Waals surface area (Å²) < 4.78 is 28.3. The molecule has 30 heavy (non-hydrogen) atoms. The molecule has 1 amide bonds. The van der Waals surface area contributed by atoms with Crippen molar-refractivity contribution in [2.75, 3.05) is 9.62 Å². The zero-order chi connectivity index (χ0) is 21.5. The molecule has 0 saturated heterocycles. The van der Waals surface area contributed by atoms with E-state index in [4.69, 9.17) is 0 Å². The van der Waals surface area contributed by atoms with Gasteiger partial charge in [-0.05, 0) is 74.2 Å². The molecule has 0 radical (unpaired) electrons. The lowest BCUT2D eigenvalue weighted by Gasteiger charge is -2.24. The molecular formula is C24H24N2O3S. The van der Waals surface area contributed by atoms with E-state index in [1.54, 1.807) is 12.1 Å². The predicted octanol–water partition coefficient (Wildman–Crippen LogP) is 4.70. The summed E-state index contributed by atoms with van der Waals surface area (Å²) >= 11 is 0. The molecule has 1 aliphatic rings. The van der Waals surface area contributed by atoms with Gasteiger partial charge in [0.15, 0.2) is 0 Å². The van der Waals surface area contributed by atoms with Crippen LogP contribution in [0.1, 0.15) is 34.0 Å². The lowest BCUT2D eigenvalue weighted by Crippen LogP contribution is -2.35. The smallest absolute Gasteiger partial charge is 0.264 e. The van der Waals surface area contributed by atoms with Crippen LogP contribution in [0.4, 0.5) is 11.4 Å². The summed E-state index contributed by atoms with van der Waals surface area (Å²) in [7, 11) is -3.79. The van der Waals surface area contributed by atoms with Crippen LogP contribution in [0.15, 0.2) is 71.6 Å². The maximum Gasteiger partial charge on any atom is 0.264 e. The first-order valence-corrected chi connectivity index (χ1v) is 11.3. The molecule has 1 unspecified atom stereocenters. The van der Waals surface area contributed by atoms with Gasteiger partial charge in [-0.2, -0.15) is 0 Å². The quantitative estimate of drug-likeness (QED) is 0.666. The minimum absolute atomic E-state index is 0.111. The fourth-order valence-electron chi connectivity index (χ4n) is 3.90. The van der Waals surface area contributed by atoms with Crippen molar-refractivity contribution in [2.45, 2.75) is 38.1 Å². The molecule has 1 heterocycles. The predicted molar refractivity (Wildman–Crippen MR) is 120 cm³/mol. The van der Waals surface area contributed by atoms with Crippen molar-refractivity contribution in [3.63, 3.8) is 0 Å². The lowest BCUT2D eigenvalue weighted by atomic mass is 10.1. The Kier molecular flexibility index (Phi) is 5.12. The summed E-state index contributed by atoms with van der Waals surface area (Å²) in [6.45, 7) is 5.82. The van der Waals surface area contributed by atoms with Gasteiger partial charge in [-0.1, -0.05) is 36.4 Å². The number of fused-ring (bicyclic) bond motifs is 1. The van der Waals surface area contributed by atoms with E-state index < -0.39 is 10.0 Å². The second-order valence-electron chi connectivity index (χ2n) is 7.71. The number of nitrogens with one attached hydrogen (secondary N) is 1. The van der Waals surface area contributed by atoms with E-state index in [2.05, 4.69) is 5.32 Å². The first-order chi connectivity index (χ1) is 14.3. The molecule has 4 rings (SSSR count). The molecule has 154 valence electrons. The summed E-state index contributed by atoms with van der Waals surface area (Å²) in [5.74, 6) is -0.337. The zero-order valence-corrected chi connectivity index (χ0v) is 18.0. The minimum Gasteiger partial charge on any atom is -0.322 e. The third-order valence-electron chi connectivity index (χ3n) is 5.65. The van der Waals surface area contributed by atoms with Gasteiger partial charge in [-0.3, -0.25) is 9.10 Å². The summed E-state index contributed by atoms with van der Waals surface area (Å²) in [6.07, 6.45) is 0.669. The molecule has 0 aromatic heterocycles. The van der Waals surface area contributed by atoms with Crippen molar-refractivity contribution in [3.05, 3.63) is 89.0 Å². The number of hydrogen-bond acceptors (Lipinski definition) is 3. The molecule has 3 aromatic rings. The maximum atomic E-state index is 13.4. The maximum absolute atomic E-state index is 13.4. The van der Waals surface area contributed by atoms with Crippen molar-refractivity contribution in [3.8, 4) is 0 Å². The van der Waals surface area contributed by atoms with E-state index in [0.717, 1.165) is 22.4 Å². The van der Waals surface area contributed by atoms with Gasteiger partial charge in [-0.15, -0.1) is 0 Å². The molecule has 6 heteroatoms. The Bertz CT molecular complexity index is 1230. The van der Waals surface area contributed by atoms with Gasteiger partial charge in [0, 0.05) is 17.3 Å². The van der Waals surface area contributed by atoms with Crippen LogP contribution < -0.4 is 9.62 Å². The number of nitrogens with zero attached hydrogens (tertiary/aromatic N) is 1. The molecule has 0 fully saturated rings. The Morgan fingerprint density at radius 3 is 2.53 bits per heavy atom. The van der Waals surface area contributed by atoms with E-state index >= 15 is 0 Å². The van der Waals surface area contributed by atoms with E-state index in [1.165, 1.54) is 16.4 Å². The first kappa shape index (κ1) is 20.2. The van der Waals surface area contributed by atoms with Crippen LogP contribution in [0.25, 0.3) is 0 Å². The number of aryl methyl sites for hydroxylation is 1. The number of anilines is 2. The fourth-order valence-corrected chi connectivity index (χ4v) is 5.63. The highest BCUT2D eigenvalue weighted by molar-refractivity contribution is 7.92. The average molecular weight is 421 g/mol. The van der Waals surface area contributed by atoms with Crippen LogP contribution in [-0.2, 0) is 16.4 Å². The van der Waals surface area contributed by atoms with Gasteiger partial charge in [-0.25, -0.2) is 8.42 Å². The zero-order valence-electron chi connectivity index (χ0n) is 17.2. The Morgan fingerprint density at radius 1 is 1.00 bits per heavy atom. The van der Waals surface area contributed by atoms with Crippen LogP contribution in [0, 0.1) is 13.8 Å². The summed E-state index contributed by atoms with van der Waals surface area (Å²) in [5, 5.41) is 2.89. The number of sulfonamides is 1. The molecule has 3 aromatic carbocycles. The standard InChI is InChI=1S/C24H24N2O3S/c1-16-8-6-12-22(18(16)3)25-24(27)20-10-7-11-21(15-20)30(28,29)26-17(2)14-19-9-4-5-13-23(19)26/h4-13,15,17H,14H2,1-3H3,(H,25,27). The van der Waals surface area contributed by atoms with E-state index in [1.807, 2.05) is 63.2 Å². The summed E-state index contributed by atoms with van der Waals surface area (Å²) in [6, 6.07) is 19.3. The van der Waals surface area contributed by atoms with Gasteiger partial charge in [0.2, 0.25) is 0 Å². The summed E-state index contributed by atoms with van der Waals surface area (Å²) in [4.78, 5) is 12.9. The van der Waals surface area contributed by atoms with E-state index in [-0.39, 0.29) is 16.8 Å². The fraction of sp³-hybridized carbons (Fsp3) is 0.208. The second-order valence-corrected chi connectivity index (χ2v) is 9.53. The van der Waals surface area contributed by atoms with Crippen molar-refractivity contribution in [2.24, 2.45) is 0 Å². The number of amides is 1. The monoisotopic (exact) mass is 420 g/mol. The highest BCUT2D eigenvalue weighted by Gasteiger charge is 2.36. The number of carbonyl (C=O) groups excluding carboxylic acids is 1. The Balaban J connectivity index is 1.66. The lowest BCUT2D eigenvalue weighted by molar-refractivity contribution is 0.102. The van der Waals surface area contributed by atoms with Crippen LogP contribution in [0.2, 0.25) is 0 Å². The van der Waals surface area contributed by atoms with Crippen molar-refractivity contribution in [1.29, 1.82) is 0 Å². The second kappa shape index (κ2) is 7.61.